The maximum Gasteiger partial charge on any atom is 0.278 e. The van der Waals surface area contributed by atoms with Crippen LogP contribution in [0, 0.1) is 5.82 Å². The molecule has 6 heteroatoms. The van der Waals surface area contributed by atoms with Crippen molar-refractivity contribution in [2.75, 3.05) is 0 Å². The Morgan fingerprint density at radius 1 is 1.35 bits per heavy atom. The molecule has 3 rings (SSSR count). The Labute approximate surface area is 98.8 Å². The highest BCUT2D eigenvalue weighted by Crippen LogP contribution is 2.27. The van der Waals surface area contributed by atoms with E-state index in [1.54, 1.807) is 12.1 Å². The van der Waals surface area contributed by atoms with Crippen LogP contribution in [-0.2, 0) is 0 Å². The standard InChI is InChI=1S/C11H6FN3OS/c12-7-3-1-2-6(4-7)10-15-8-9(16)13-5-14-11(8)17-10/h1-5H,(H,13,14,16). The van der Waals surface area contributed by atoms with Crippen molar-refractivity contribution in [3.8, 4) is 10.6 Å². The number of rotatable bonds is 1. The summed E-state index contributed by atoms with van der Waals surface area (Å²) in [6, 6.07) is 6.09. The van der Waals surface area contributed by atoms with Crippen molar-refractivity contribution in [2.24, 2.45) is 0 Å². The minimum absolute atomic E-state index is 0.283. The van der Waals surface area contributed by atoms with Gasteiger partial charge in [-0.1, -0.05) is 23.5 Å². The zero-order chi connectivity index (χ0) is 11.8. The summed E-state index contributed by atoms with van der Waals surface area (Å²) in [4.78, 5) is 22.7. The molecule has 17 heavy (non-hydrogen) atoms. The first-order valence-electron chi connectivity index (χ1n) is 4.84. The Hall–Kier alpha value is -2.08. The largest absolute Gasteiger partial charge is 0.311 e. The number of nitrogens with zero attached hydrogens (tertiary/aromatic N) is 2. The van der Waals surface area contributed by atoms with E-state index < -0.39 is 0 Å². The number of aromatic nitrogens is 3. The van der Waals surface area contributed by atoms with Crippen LogP contribution in [0.4, 0.5) is 4.39 Å². The highest BCUT2D eigenvalue weighted by molar-refractivity contribution is 7.21. The van der Waals surface area contributed by atoms with Crippen molar-refractivity contribution >= 4 is 21.7 Å². The third-order valence-corrected chi connectivity index (χ3v) is 3.29. The van der Waals surface area contributed by atoms with Gasteiger partial charge in [0.2, 0.25) is 0 Å². The molecule has 0 radical (unpaired) electrons. The monoisotopic (exact) mass is 247 g/mol. The van der Waals surface area contributed by atoms with Gasteiger partial charge in [0.05, 0.1) is 6.33 Å². The second kappa shape index (κ2) is 3.74. The first-order valence-corrected chi connectivity index (χ1v) is 5.66. The Kier molecular flexibility index (Phi) is 2.22. The summed E-state index contributed by atoms with van der Waals surface area (Å²) in [5.41, 5.74) is 0.651. The molecule has 0 spiro atoms. The van der Waals surface area contributed by atoms with Crippen molar-refractivity contribution in [1.29, 1.82) is 0 Å². The molecular formula is C11H6FN3OS. The fourth-order valence-electron chi connectivity index (χ4n) is 1.51. The Bertz CT molecular complexity index is 750. The first kappa shape index (κ1) is 10.1. The molecule has 0 saturated heterocycles. The van der Waals surface area contributed by atoms with Gasteiger partial charge in [-0.25, -0.2) is 14.4 Å². The van der Waals surface area contributed by atoms with Crippen molar-refractivity contribution in [1.82, 2.24) is 15.0 Å². The number of nitrogens with one attached hydrogen (secondary N) is 1. The third kappa shape index (κ3) is 1.72. The van der Waals surface area contributed by atoms with Gasteiger partial charge in [0, 0.05) is 5.56 Å². The first-order chi connectivity index (χ1) is 8.24. The van der Waals surface area contributed by atoms with Crippen LogP contribution < -0.4 is 5.56 Å². The molecule has 0 unspecified atom stereocenters. The summed E-state index contributed by atoms with van der Waals surface area (Å²) < 4.78 is 13.1. The minimum atomic E-state index is -0.330. The Balaban J connectivity index is 2.25. The predicted molar refractivity (Wildman–Crippen MR) is 63.4 cm³/mol. The zero-order valence-electron chi connectivity index (χ0n) is 8.48. The lowest BCUT2D eigenvalue weighted by molar-refractivity contribution is 0.628. The van der Waals surface area contributed by atoms with E-state index in [-0.39, 0.29) is 16.9 Å². The summed E-state index contributed by atoms with van der Waals surface area (Å²) >= 11 is 1.26. The van der Waals surface area contributed by atoms with Gasteiger partial charge < -0.3 is 4.98 Å². The van der Waals surface area contributed by atoms with Crippen molar-refractivity contribution < 1.29 is 4.39 Å². The number of thiazole rings is 1. The van der Waals surface area contributed by atoms with Crippen LogP contribution in [0.15, 0.2) is 35.4 Å². The smallest absolute Gasteiger partial charge is 0.278 e. The summed E-state index contributed by atoms with van der Waals surface area (Å²) in [7, 11) is 0. The van der Waals surface area contributed by atoms with Gasteiger partial charge >= 0.3 is 0 Å². The molecular weight excluding hydrogens is 241 g/mol. The fourth-order valence-corrected chi connectivity index (χ4v) is 2.42. The molecule has 2 aromatic heterocycles. The molecule has 0 bridgehead atoms. The number of aromatic amines is 1. The van der Waals surface area contributed by atoms with Crippen molar-refractivity contribution in [3.05, 3.63) is 46.8 Å². The van der Waals surface area contributed by atoms with Crippen molar-refractivity contribution in [3.63, 3.8) is 0 Å². The molecule has 0 amide bonds. The average Bonchev–Trinajstić information content (AvgIpc) is 2.74. The number of H-pyrrole nitrogens is 1. The molecule has 2 heterocycles. The molecule has 1 aromatic carbocycles. The zero-order valence-corrected chi connectivity index (χ0v) is 9.29. The third-order valence-electron chi connectivity index (χ3n) is 2.27. The second-order valence-corrected chi connectivity index (χ2v) is 4.39. The summed E-state index contributed by atoms with van der Waals surface area (Å²) in [5.74, 6) is -0.330. The van der Waals surface area contributed by atoms with Crippen LogP contribution in [0.5, 0.6) is 0 Å². The molecule has 1 N–H and O–H groups in total. The van der Waals surface area contributed by atoms with Crippen LogP contribution in [0.1, 0.15) is 0 Å². The highest BCUT2D eigenvalue weighted by atomic mass is 32.1. The maximum absolute atomic E-state index is 13.1. The fraction of sp³-hybridized carbons (Fsp3) is 0. The minimum Gasteiger partial charge on any atom is -0.311 e. The van der Waals surface area contributed by atoms with Crippen LogP contribution in [-0.4, -0.2) is 15.0 Å². The molecule has 0 fully saturated rings. The van der Waals surface area contributed by atoms with E-state index in [4.69, 9.17) is 0 Å². The van der Waals surface area contributed by atoms with Crippen LogP contribution in [0.25, 0.3) is 20.9 Å². The van der Waals surface area contributed by atoms with E-state index in [0.29, 0.717) is 15.4 Å². The molecule has 84 valence electrons. The van der Waals surface area contributed by atoms with Gasteiger partial charge in [-0.3, -0.25) is 4.79 Å². The Morgan fingerprint density at radius 2 is 2.24 bits per heavy atom. The number of hydrogen-bond donors (Lipinski definition) is 1. The number of halogens is 1. The molecule has 0 atom stereocenters. The van der Waals surface area contributed by atoms with Crippen molar-refractivity contribution in [2.45, 2.75) is 0 Å². The highest BCUT2D eigenvalue weighted by Gasteiger charge is 2.09. The van der Waals surface area contributed by atoms with E-state index in [9.17, 15) is 9.18 Å². The Morgan fingerprint density at radius 3 is 3.00 bits per heavy atom. The lowest BCUT2D eigenvalue weighted by Gasteiger charge is -1.94. The molecule has 0 saturated carbocycles. The maximum atomic E-state index is 13.1. The van der Waals surface area contributed by atoms with E-state index in [1.807, 2.05) is 0 Å². The van der Waals surface area contributed by atoms with Gasteiger partial charge in [0.15, 0.2) is 10.3 Å². The normalized spacial score (nSPS) is 10.9. The van der Waals surface area contributed by atoms with Gasteiger partial charge in [-0.05, 0) is 12.1 Å². The second-order valence-electron chi connectivity index (χ2n) is 3.41. The molecule has 0 aliphatic heterocycles. The summed E-state index contributed by atoms with van der Waals surface area (Å²) in [6.07, 6.45) is 1.33. The lowest BCUT2D eigenvalue weighted by atomic mass is 10.2. The number of hydrogen-bond acceptors (Lipinski definition) is 4. The van der Waals surface area contributed by atoms with E-state index in [0.717, 1.165) is 0 Å². The molecule has 3 aromatic rings. The number of benzene rings is 1. The average molecular weight is 247 g/mol. The quantitative estimate of drug-likeness (QED) is 0.717. The topological polar surface area (TPSA) is 58.6 Å². The van der Waals surface area contributed by atoms with E-state index in [2.05, 4.69) is 15.0 Å². The van der Waals surface area contributed by atoms with Gasteiger partial charge in [0.1, 0.15) is 10.8 Å². The van der Waals surface area contributed by atoms with E-state index in [1.165, 1.54) is 29.8 Å². The van der Waals surface area contributed by atoms with Crippen LogP contribution >= 0.6 is 11.3 Å². The predicted octanol–water partition coefficient (Wildman–Crippen LogP) is 2.19. The summed E-state index contributed by atoms with van der Waals surface area (Å²) in [5, 5.41) is 0.587. The van der Waals surface area contributed by atoms with Gasteiger partial charge in [0.25, 0.3) is 5.56 Å². The molecule has 0 aliphatic carbocycles. The van der Waals surface area contributed by atoms with Gasteiger partial charge in [-0.2, -0.15) is 0 Å². The van der Waals surface area contributed by atoms with Crippen LogP contribution in [0.2, 0.25) is 0 Å². The van der Waals surface area contributed by atoms with E-state index >= 15 is 0 Å². The van der Waals surface area contributed by atoms with Gasteiger partial charge in [-0.15, -0.1) is 0 Å². The number of fused-ring (bicyclic) bond motifs is 1. The summed E-state index contributed by atoms with van der Waals surface area (Å²) in [6.45, 7) is 0. The SMILES string of the molecule is O=c1[nH]cnc2sc(-c3cccc(F)c3)nc12. The van der Waals surface area contributed by atoms with Crippen LogP contribution in [0.3, 0.4) is 0 Å². The molecule has 4 nitrogen and oxygen atoms in total. The lowest BCUT2D eigenvalue weighted by Crippen LogP contribution is -2.05. The molecule has 0 aliphatic rings.